The van der Waals surface area contributed by atoms with E-state index in [4.69, 9.17) is 14.2 Å². The summed E-state index contributed by atoms with van der Waals surface area (Å²) in [6, 6.07) is 13.7. The van der Waals surface area contributed by atoms with Gasteiger partial charge < -0.3 is 24.5 Å². The van der Waals surface area contributed by atoms with Crippen LogP contribution >= 0.6 is 0 Å². The number of allylic oxidation sites excluding steroid dienone is 1. The van der Waals surface area contributed by atoms with Gasteiger partial charge in [-0.2, -0.15) is 0 Å². The number of nitrogens with one attached hydrogen (secondary N) is 2. The highest BCUT2D eigenvalue weighted by molar-refractivity contribution is 5.96. The summed E-state index contributed by atoms with van der Waals surface area (Å²) in [7, 11) is 3.27. The van der Waals surface area contributed by atoms with Gasteiger partial charge in [-0.1, -0.05) is 30.3 Å². The van der Waals surface area contributed by atoms with Gasteiger partial charge in [0.25, 0.3) is 0 Å². The lowest BCUT2D eigenvalue weighted by molar-refractivity contribution is -0.119. The average molecular weight is 535 g/mol. The molecule has 39 heavy (non-hydrogen) atoms. The van der Waals surface area contributed by atoms with E-state index in [2.05, 4.69) is 11.0 Å². The number of piperidine rings is 1. The van der Waals surface area contributed by atoms with E-state index >= 15 is 0 Å². The Balaban J connectivity index is 1.38. The predicted molar refractivity (Wildman–Crippen MR) is 150 cm³/mol. The number of rotatable bonds is 8. The van der Waals surface area contributed by atoms with Crippen molar-refractivity contribution in [2.24, 2.45) is 5.92 Å². The molecule has 4 rings (SSSR count). The maximum absolute atomic E-state index is 13.0. The minimum Gasteiger partial charge on any atom is -0.497 e. The van der Waals surface area contributed by atoms with E-state index in [1.807, 2.05) is 80.5 Å². The Morgan fingerprint density at radius 1 is 1.05 bits per heavy atom. The molecule has 1 saturated heterocycles. The Morgan fingerprint density at radius 2 is 1.79 bits per heavy atom. The Bertz CT molecular complexity index is 1240. The van der Waals surface area contributed by atoms with Gasteiger partial charge in [0.1, 0.15) is 17.1 Å². The van der Waals surface area contributed by atoms with E-state index in [1.54, 1.807) is 25.2 Å². The molecule has 9 nitrogen and oxygen atoms in total. The molecule has 0 aliphatic carbocycles. The van der Waals surface area contributed by atoms with Crippen molar-refractivity contribution in [2.45, 2.75) is 45.8 Å². The zero-order chi connectivity index (χ0) is 28.0. The smallest absolute Gasteiger partial charge is 0.410 e. The number of ether oxygens (including phenoxy) is 3. The van der Waals surface area contributed by atoms with Crippen molar-refractivity contribution in [3.8, 4) is 11.5 Å². The van der Waals surface area contributed by atoms with Crippen LogP contribution in [0.5, 0.6) is 11.5 Å². The lowest BCUT2D eigenvalue weighted by Crippen LogP contribution is -2.42. The summed E-state index contributed by atoms with van der Waals surface area (Å²) < 4.78 is 16.3. The third-order valence-electron chi connectivity index (χ3n) is 6.68. The summed E-state index contributed by atoms with van der Waals surface area (Å²) in [6.07, 6.45) is 6.47. The van der Waals surface area contributed by atoms with E-state index < -0.39 is 5.60 Å². The van der Waals surface area contributed by atoms with E-state index in [0.717, 1.165) is 33.9 Å². The molecule has 0 unspecified atom stereocenters. The zero-order valence-electron chi connectivity index (χ0n) is 23.3. The molecule has 0 radical (unpaired) electrons. The largest absolute Gasteiger partial charge is 0.497 e. The number of likely N-dealkylation sites (tertiary alicyclic amines) is 1. The summed E-state index contributed by atoms with van der Waals surface area (Å²) in [4.78, 5) is 27.0. The Labute approximate surface area is 230 Å². The fourth-order valence-corrected chi connectivity index (χ4v) is 4.61. The van der Waals surface area contributed by atoms with Crippen LogP contribution in [0.2, 0.25) is 0 Å². The summed E-state index contributed by atoms with van der Waals surface area (Å²) in [5.74, 6) is 1.46. The number of ketones is 1. The van der Waals surface area contributed by atoms with Crippen molar-refractivity contribution in [1.29, 1.82) is 0 Å². The number of nitrogens with zero attached hydrogens (tertiary/aromatic N) is 2. The van der Waals surface area contributed by atoms with Crippen molar-refractivity contribution in [3.63, 3.8) is 0 Å². The van der Waals surface area contributed by atoms with E-state index in [0.29, 0.717) is 32.5 Å². The van der Waals surface area contributed by atoms with Crippen LogP contribution in [0, 0.1) is 5.92 Å². The number of hydrogen-bond donors (Lipinski definition) is 2. The Hall–Kier alpha value is -3.98. The quantitative estimate of drug-likeness (QED) is 0.469. The van der Waals surface area contributed by atoms with E-state index in [1.165, 1.54) is 0 Å². The normalized spacial score (nSPS) is 16.2. The number of carbonyl (C=O) groups is 2. The van der Waals surface area contributed by atoms with Crippen LogP contribution in [0.3, 0.4) is 0 Å². The molecule has 1 amide bonds. The first kappa shape index (κ1) is 28.0. The first-order chi connectivity index (χ1) is 18.7. The van der Waals surface area contributed by atoms with E-state index in [9.17, 15) is 9.59 Å². The van der Waals surface area contributed by atoms with Crippen LogP contribution < -0.4 is 20.4 Å². The predicted octanol–water partition coefficient (Wildman–Crippen LogP) is 4.76. The van der Waals surface area contributed by atoms with Crippen molar-refractivity contribution in [3.05, 3.63) is 71.4 Å². The molecule has 0 bridgehead atoms. The topological polar surface area (TPSA) is 92.4 Å². The third-order valence-corrected chi connectivity index (χ3v) is 6.68. The molecule has 0 saturated carbocycles. The lowest BCUT2D eigenvalue weighted by atomic mass is 9.92. The summed E-state index contributed by atoms with van der Waals surface area (Å²) in [6.45, 7) is 7.17. The summed E-state index contributed by atoms with van der Waals surface area (Å²) in [5, 5.41) is 1.93. The molecule has 2 N–H and O–H groups in total. The fourth-order valence-electron chi connectivity index (χ4n) is 4.61. The maximum Gasteiger partial charge on any atom is 0.410 e. The van der Waals surface area contributed by atoms with Gasteiger partial charge in [-0.3, -0.25) is 9.80 Å². The van der Waals surface area contributed by atoms with Crippen LogP contribution in [0.4, 0.5) is 4.79 Å². The van der Waals surface area contributed by atoms with Gasteiger partial charge in [0.2, 0.25) is 0 Å². The zero-order valence-corrected chi connectivity index (χ0v) is 23.3. The number of hydrazine groups is 2. The molecular weight excluding hydrogens is 496 g/mol. The number of benzene rings is 2. The van der Waals surface area contributed by atoms with Crippen LogP contribution in [0.1, 0.15) is 50.3 Å². The lowest BCUT2D eigenvalue weighted by Gasteiger charge is -2.32. The number of methoxy groups -OCH3 is 2. The number of carbonyl (C=O) groups excluding carboxylic acids is 2. The molecule has 0 spiro atoms. The second-order valence-electron chi connectivity index (χ2n) is 10.6. The molecule has 2 aromatic carbocycles. The van der Waals surface area contributed by atoms with Crippen LogP contribution in [-0.2, 0) is 16.1 Å². The van der Waals surface area contributed by atoms with Gasteiger partial charge in [-0.25, -0.2) is 4.79 Å². The second kappa shape index (κ2) is 12.3. The van der Waals surface area contributed by atoms with E-state index in [-0.39, 0.29) is 17.8 Å². The standard InChI is InChI=1S/C30H38N4O5/c1-30(2,3)39-29(36)33-16-14-22(15-17-33)27(35)13-11-21-8-6-7-9-25(21)26-20-34(32-31-26)19-23-10-12-24(37-4)18-28(23)38-5/h6-13,18,20,22,31-32H,14-17,19H2,1-5H3/b13-11+. The minimum atomic E-state index is -0.529. The van der Waals surface area contributed by atoms with Gasteiger partial charge in [0.15, 0.2) is 5.78 Å². The maximum atomic E-state index is 13.0. The van der Waals surface area contributed by atoms with Crippen LogP contribution in [0.25, 0.3) is 11.8 Å². The summed E-state index contributed by atoms with van der Waals surface area (Å²) in [5.41, 5.74) is 9.67. The molecule has 1 fully saturated rings. The first-order valence-corrected chi connectivity index (χ1v) is 13.2. The molecule has 208 valence electrons. The molecule has 9 heteroatoms. The van der Waals surface area contributed by atoms with Gasteiger partial charge in [0.05, 0.1) is 26.5 Å². The average Bonchev–Trinajstić information content (AvgIpc) is 3.39. The molecule has 2 aliphatic heterocycles. The molecule has 0 aromatic heterocycles. The highest BCUT2D eigenvalue weighted by atomic mass is 16.6. The molecular formula is C30H38N4O5. The minimum absolute atomic E-state index is 0.0772. The second-order valence-corrected chi connectivity index (χ2v) is 10.6. The third kappa shape index (κ3) is 7.32. The first-order valence-electron chi connectivity index (χ1n) is 13.2. The van der Waals surface area contributed by atoms with Gasteiger partial charge >= 0.3 is 6.09 Å². The molecule has 2 aliphatic rings. The van der Waals surface area contributed by atoms with Gasteiger partial charge in [-0.15, -0.1) is 5.53 Å². The monoisotopic (exact) mass is 534 g/mol. The molecule has 0 atom stereocenters. The Morgan fingerprint density at radius 3 is 2.49 bits per heavy atom. The number of amides is 1. The van der Waals surface area contributed by atoms with Crippen LogP contribution in [0.15, 0.2) is 54.7 Å². The fraction of sp³-hybridized carbons (Fsp3) is 0.400. The van der Waals surface area contributed by atoms with Gasteiger partial charge in [-0.05, 0) is 57.4 Å². The number of hydrogen-bond acceptors (Lipinski definition) is 8. The Kier molecular flexibility index (Phi) is 8.81. The van der Waals surface area contributed by atoms with Crippen molar-refractivity contribution in [1.82, 2.24) is 20.9 Å². The van der Waals surface area contributed by atoms with Crippen molar-refractivity contribution >= 4 is 23.6 Å². The van der Waals surface area contributed by atoms with Gasteiger partial charge in [0, 0.05) is 42.4 Å². The molecule has 2 heterocycles. The highest BCUT2D eigenvalue weighted by Crippen LogP contribution is 2.28. The van der Waals surface area contributed by atoms with Crippen molar-refractivity contribution in [2.75, 3.05) is 27.3 Å². The SMILES string of the molecule is COc1ccc(CN2C=C(c3ccccc3/C=C/C(=O)C3CCN(C(=O)OC(C)(C)C)CC3)NN2)c(OC)c1. The molecule has 2 aromatic rings. The van der Waals surface area contributed by atoms with Crippen LogP contribution in [-0.4, -0.2) is 54.7 Å². The summed E-state index contributed by atoms with van der Waals surface area (Å²) >= 11 is 0. The highest BCUT2D eigenvalue weighted by Gasteiger charge is 2.29. The van der Waals surface area contributed by atoms with Crippen molar-refractivity contribution < 1.29 is 23.8 Å².